The molecule has 1 aliphatic rings. The van der Waals surface area contributed by atoms with Crippen LogP contribution in [-0.4, -0.2) is 41.4 Å². The molecule has 0 bridgehead atoms. The van der Waals surface area contributed by atoms with Crippen LogP contribution >= 0.6 is 0 Å². The summed E-state index contributed by atoms with van der Waals surface area (Å²) in [4.78, 5) is 21.0. The average molecular weight is 273 g/mol. The monoisotopic (exact) mass is 273 g/mol. The molecule has 104 valence electrons. The van der Waals surface area contributed by atoms with E-state index in [1.807, 2.05) is 11.0 Å². The smallest absolute Gasteiger partial charge is 0.252 e. The predicted octanol–water partition coefficient (Wildman–Crippen LogP) is 0.979. The number of phenols is 1. The summed E-state index contributed by atoms with van der Waals surface area (Å²) in [5.74, 6) is 0.691. The Labute approximate surface area is 115 Å². The van der Waals surface area contributed by atoms with Crippen molar-refractivity contribution in [1.29, 1.82) is 0 Å². The van der Waals surface area contributed by atoms with Crippen molar-refractivity contribution in [1.82, 2.24) is 9.97 Å². The Balaban J connectivity index is 2.00. The number of hydrogen-bond donors (Lipinski definition) is 2. The number of aromatic hydroxyl groups is 1. The summed E-state index contributed by atoms with van der Waals surface area (Å²) < 4.78 is 5.29. The molecule has 0 unspecified atom stereocenters. The minimum absolute atomic E-state index is 0.150. The van der Waals surface area contributed by atoms with E-state index in [4.69, 9.17) is 4.74 Å². The van der Waals surface area contributed by atoms with Crippen LogP contribution in [0.5, 0.6) is 5.75 Å². The largest absolute Gasteiger partial charge is 0.508 e. The number of morpholine rings is 1. The number of aromatic amines is 1. The number of aromatic nitrogens is 2. The van der Waals surface area contributed by atoms with E-state index in [0.717, 1.165) is 0 Å². The number of nitrogens with zero attached hydrogens (tertiary/aromatic N) is 2. The van der Waals surface area contributed by atoms with E-state index in [1.54, 1.807) is 18.2 Å². The molecule has 2 N–H and O–H groups in total. The van der Waals surface area contributed by atoms with Gasteiger partial charge in [-0.25, -0.2) is 4.98 Å². The SMILES string of the molecule is O=c1cc(-c2cccc(O)c2)nc(N2CCOCC2)[nH]1. The standard InChI is InChI=1S/C14H15N3O3/c18-11-3-1-2-10(8-11)12-9-13(19)16-14(15-12)17-4-6-20-7-5-17/h1-3,8-9,18H,4-7H2,(H,15,16,19). The molecule has 2 aromatic rings. The molecule has 0 saturated carbocycles. The third-order valence-corrected chi connectivity index (χ3v) is 3.18. The van der Waals surface area contributed by atoms with Gasteiger partial charge in [-0.15, -0.1) is 0 Å². The van der Waals surface area contributed by atoms with E-state index in [1.165, 1.54) is 6.07 Å². The molecule has 6 nitrogen and oxygen atoms in total. The molecule has 3 rings (SSSR count). The van der Waals surface area contributed by atoms with E-state index in [0.29, 0.717) is 43.5 Å². The lowest BCUT2D eigenvalue weighted by atomic mass is 10.1. The highest BCUT2D eigenvalue weighted by atomic mass is 16.5. The molecule has 1 aromatic carbocycles. The van der Waals surface area contributed by atoms with E-state index in [9.17, 15) is 9.90 Å². The van der Waals surface area contributed by atoms with Crippen molar-refractivity contribution >= 4 is 5.95 Å². The van der Waals surface area contributed by atoms with Gasteiger partial charge in [-0.2, -0.15) is 0 Å². The predicted molar refractivity (Wildman–Crippen MR) is 75.0 cm³/mol. The molecule has 0 spiro atoms. The molecule has 1 saturated heterocycles. The summed E-state index contributed by atoms with van der Waals surface area (Å²) in [5, 5.41) is 9.52. The maximum Gasteiger partial charge on any atom is 0.252 e. The molecule has 6 heteroatoms. The third kappa shape index (κ3) is 2.65. The quantitative estimate of drug-likeness (QED) is 0.852. The van der Waals surface area contributed by atoms with E-state index < -0.39 is 0 Å². The fourth-order valence-electron chi connectivity index (χ4n) is 2.18. The van der Waals surface area contributed by atoms with Crippen molar-refractivity contribution in [3.05, 3.63) is 40.7 Å². The van der Waals surface area contributed by atoms with Gasteiger partial charge in [0.15, 0.2) is 0 Å². The minimum atomic E-state index is -0.208. The maximum atomic E-state index is 11.8. The van der Waals surface area contributed by atoms with Crippen molar-refractivity contribution in [3.63, 3.8) is 0 Å². The normalized spacial score (nSPS) is 15.3. The zero-order valence-electron chi connectivity index (χ0n) is 10.9. The second-order valence-corrected chi connectivity index (χ2v) is 4.60. The summed E-state index contributed by atoms with van der Waals surface area (Å²) in [6.07, 6.45) is 0. The van der Waals surface area contributed by atoms with Crippen LogP contribution < -0.4 is 10.5 Å². The third-order valence-electron chi connectivity index (χ3n) is 3.18. The lowest BCUT2D eigenvalue weighted by Gasteiger charge is -2.27. The van der Waals surface area contributed by atoms with Gasteiger partial charge in [0.1, 0.15) is 5.75 Å². The zero-order valence-corrected chi connectivity index (χ0v) is 10.9. The highest BCUT2D eigenvalue weighted by molar-refractivity contribution is 5.61. The number of H-pyrrole nitrogens is 1. The van der Waals surface area contributed by atoms with Crippen LogP contribution in [0.25, 0.3) is 11.3 Å². The van der Waals surface area contributed by atoms with Gasteiger partial charge in [0.25, 0.3) is 5.56 Å². The Morgan fingerprint density at radius 3 is 2.80 bits per heavy atom. The topological polar surface area (TPSA) is 78.4 Å². The Morgan fingerprint density at radius 2 is 2.05 bits per heavy atom. The number of rotatable bonds is 2. The minimum Gasteiger partial charge on any atom is -0.508 e. The van der Waals surface area contributed by atoms with Gasteiger partial charge in [0.2, 0.25) is 5.95 Å². The van der Waals surface area contributed by atoms with Crippen LogP contribution in [0.3, 0.4) is 0 Å². The number of anilines is 1. The molecule has 1 aromatic heterocycles. The highest BCUT2D eigenvalue weighted by Crippen LogP contribution is 2.21. The Bertz CT molecular complexity index is 663. The lowest BCUT2D eigenvalue weighted by Crippen LogP contribution is -2.38. The van der Waals surface area contributed by atoms with E-state index in [-0.39, 0.29) is 11.3 Å². The van der Waals surface area contributed by atoms with E-state index >= 15 is 0 Å². The summed E-state index contributed by atoms with van der Waals surface area (Å²) >= 11 is 0. The van der Waals surface area contributed by atoms with Crippen LogP contribution in [0.4, 0.5) is 5.95 Å². The molecule has 0 aliphatic carbocycles. The van der Waals surface area contributed by atoms with Gasteiger partial charge in [-0.3, -0.25) is 9.78 Å². The number of benzene rings is 1. The van der Waals surface area contributed by atoms with Gasteiger partial charge in [-0.05, 0) is 12.1 Å². The Morgan fingerprint density at radius 1 is 1.25 bits per heavy atom. The van der Waals surface area contributed by atoms with Gasteiger partial charge >= 0.3 is 0 Å². The first-order valence-electron chi connectivity index (χ1n) is 6.46. The first-order valence-corrected chi connectivity index (χ1v) is 6.46. The molecule has 0 amide bonds. The summed E-state index contributed by atoms with van der Waals surface area (Å²) in [7, 11) is 0. The van der Waals surface area contributed by atoms with Gasteiger partial charge in [0.05, 0.1) is 18.9 Å². The van der Waals surface area contributed by atoms with Crippen molar-refractivity contribution in [2.24, 2.45) is 0 Å². The first-order chi connectivity index (χ1) is 9.72. The van der Waals surface area contributed by atoms with Crippen LogP contribution in [0.2, 0.25) is 0 Å². The van der Waals surface area contributed by atoms with Crippen molar-refractivity contribution < 1.29 is 9.84 Å². The number of nitrogens with one attached hydrogen (secondary N) is 1. The van der Waals surface area contributed by atoms with Crippen molar-refractivity contribution in [2.45, 2.75) is 0 Å². The zero-order chi connectivity index (χ0) is 13.9. The summed E-state index contributed by atoms with van der Waals surface area (Å²) in [6.45, 7) is 2.65. The molecule has 2 heterocycles. The second kappa shape index (κ2) is 5.34. The van der Waals surface area contributed by atoms with Crippen molar-refractivity contribution in [2.75, 3.05) is 31.2 Å². The Hall–Kier alpha value is -2.34. The fourth-order valence-corrected chi connectivity index (χ4v) is 2.18. The molecule has 0 atom stereocenters. The number of phenolic OH excluding ortho intramolecular Hbond substituents is 1. The summed E-state index contributed by atoms with van der Waals surface area (Å²) in [5.41, 5.74) is 1.05. The van der Waals surface area contributed by atoms with Gasteiger partial charge < -0.3 is 14.7 Å². The highest BCUT2D eigenvalue weighted by Gasteiger charge is 2.14. The van der Waals surface area contributed by atoms with Gasteiger partial charge in [-0.1, -0.05) is 12.1 Å². The second-order valence-electron chi connectivity index (χ2n) is 4.60. The van der Waals surface area contributed by atoms with E-state index in [2.05, 4.69) is 9.97 Å². The molecule has 0 radical (unpaired) electrons. The molecule has 1 fully saturated rings. The average Bonchev–Trinajstić information content (AvgIpc) is 2.47. The molecule has 20 heavy (non-hydrogen) atoms. The molecular formula is C14H15N3O3. The first kappa shape index (κ1) is 12.7. The van der Waals surface area contributed by atoms with Gasteiger partial charge in [0, 0.05) is 24.7 Å². The van der Waals surface area contributed by atoms with Crippen LogP contribution in [0.15, 0.2) is 35.1 Å². The Kier molecular flexibility index (Phi) is 3.39. The lowest BCUT2D eigenvalue weighted by molar-refractivity contribution is 0.122. The van der Waals surface area contributed by atoms with Crippen molar-refractivity contribution in [3.8, 4) is 17.0 Å². The van der Waals surface area contributed by atoms with Crippen LogP contribution in [-0.2, 0) is 4.74 Å². The van der Waals surface area contributed by atoms with Crippen LogP contribution in [0, 0.1) is 0 Å². The summed E-state index contributed by atoms with van der Waals surface area (Å²) in [6, 6.07) is 8.13. The molecule has 1 aliphatic heterocycles. The number of hydrogen-bond acceptors (Lipinski definition) is 5. The fraction of sp³-hybridized carbons (Fsp3) is 0.286. The molecular weight excluding hydrogens is 258 g/mol. The maximum absolute atomic E-state index is 11.8. The van der Waals surface area contributed by atoms with Crippen LogP contribution in [0.1, 0.15) is 0 Å². The number of ether oxygens (including phenoxy) is 1.